The summed E-state index contributed by atoms with van der Waals surface area (Å²) in [7, 11) is 0. The van der Waals surface area contributed by atoms with Crippen molar-refractivity contribution >= 4 is 16.6 Å². The predicted octanol–water partition coefficient (Wildman–Crippen LogP) is 6.60. The van der Waals surface area contributed by atoms with Gasteiger partial charge in [0.05, 0.1) is 0 Å². The van der Waals surface area contributed by atoms with Gasteiger partial charge < -0.3 is 15.2 Å². The zero-order valence-corrected chi connectivity index (χ0v) is 22.9. The molecule has 0 bridgehead atoms. The lowest BCUT2D eigenvalue weighted by Gasteiger charge is -2.45. The Morgan fingerprint density at radius 2 is 1.63 bits per heavy atom. The fraction of sp³-hybridized carbons (Fsp3) is 0.548. The average molecular weight is 527 g/mol. The van der Waals surface area contributed by atoms with Crippen molar-refractivity contribution in [2.45, 2.75) is 71.1 Å². The fourth-order valence-electron chi connectivity index (χ4n) is 6.52. The summed E-state index contributed by atoms with van der Waals surface area (Å²) in [5.74, 6) is -0.977. The molecule has 7 heteroatoms. The van der Waals surface area contributed by atoms with E-state index in [9.17, 15) is 13.2 Å². The minimum absolute atomic E-state index is 0.390. The molecule has 2 aromatic carbocycles. The van der Waals surface area contributed by atoms with Crippen molar-refractivity contribution < 1.29 is 13.2 Å². The van der Waals surface area contributed by atoms with Crippen molar-refractivity contribution in [1.82, 2.24) is 15.2 Å². The van der Waals surface area contributed by atoms with E-state index in [2.05, 4.69) is 51.3 Å². The highest BCUT2D eigenvalue weighted by Gasteiger charge is 2.35. The van der Waals surface area contributed by atoms with Gasteiger partial charge in [0.25, 0.3) is 0 Å². The number of benzene rings is 2. The van der Waals surface area contributed by atoms with E-state index in [1.54, 1.807) is 13.8 Å². The maximum absolute atomic E-state index is 13.9. The molecule has 1 atom stereocenters. The van der Waals surface area contributed by atoms with Crippen molar-refractivity contribution in [3.8, 4) is 0 Å². The number of H-pyrrole nitrogens is 1. The number of hydrogen-bond donors (Lipinski definition) is 2. The van der Waals surface area contributed by atoms with Crippen LogP contribution in [0.2, 0.25) is 0 Å². The molecule has 206 valence electrons. The third-order valence-electron chi connectivity index (χ3n) is 8.67. The van der Waals surface area contributed by atoms with Crippen molar-refractivity contribution in [2.75, 3.05) is 37.6 Å². The number of anilines is 1. The van der Waals surface area contributed by atoms with E-state index in [0.29, 0.717) is 23.7 Å². The van der Waals surface area contributed by atoms with Gasteiger partial charge in [-0.05, 0) is 95.1 Å². The zero-order chi connectivity index (χ0) is 26.9. The second-order valence-electron chi connectivity index (χ2n) is 12.2. The van der Waals surface area contributed by atoms with E-state index < -0.39 is 17.3 Å². The number of halogens is 3. The molecule has 1 unspecified atom stereocenters. The molecule has 4 heterocycles. The quantitative estimate of drug-likeness (QED) is 0.404. The molecule has 0 amide bonds. The Hall–Kier alpha value is -2.51. The molecule has 3 aromatic rings. The number of piperidine rings is 2. The number of aromatic amines is 1. The summed E-state index contributed by atoms with van der Waals surface area (Å²) in [6.45, 7) is 10.8. The Balaban J connectivity index is 0.000000155. The number of aromatic nitrogens is 1. The van der Waals surface area contributed by atoms with Crippen LogP contribution >= 0.6 is 0 Å². The fourth-order valence-corrected chi connectivity index (χ4v) is 6.52. The van der Waals surface area contributed by atoms with Crippen LogP contribution in [-0.4, -0.2) is 54.3 Å². The van der Waals surface area contributed by atoms with Gasteiger partial charge in [-0.25, -0.2) is 13.2 Å². The van der Waals surface area contributed by atoms with Crippen LogP contribution in [0.3, 0.4) is 0 Å². The number of para-hydroxylation sites is 1. The highest BCUT2D eigenvalue weighted by Crippen LogP contribution is 2.40. The smallest absolute Gasteiger partial charge is 0.128 e. The predicted molar refractivity (Wildman–Crippen MR) is 149 cm³/mol. The van der Waals surface area contributed by atoms with Gasteiger partial charge in [-0.1, -0.05) is 18.2 Å². The lowest BCUT2D eigenvalue weighted by molar-refractivity contribution is 0.0853. The largest absolute Gasteiger partial charge is 0.371 e. The van der Waals surface area contributed by atoms with Crippen molar-refractivity contribution in [3.63, 3.8) is 0 Å². The molecular formula is C31H41F3N4. The van der Waals surface area contributed by atoms with E-state index in [0.717, 1.165) is 58.1 Å². The zero-order valence-electron chi connectivity index (χ0n) is 22.9. The number of nitrogens with zero attached hydrogens (tertiary/aromatic N) is 2. The first-order valence-electron chi connectivity index (χ1n) is 14.0. The summed E-state index contributed by atoms with van der Waals surface area (Å²) in [6.07, 6.45) is 5.73. The van der Waals surface area contributed by atoms with Crippen molar-refractivity contribution in [1.29, 1.82) is 0 Å². The van der Waals surface area contributed by atoms with Gasteiger partial charge in [-0.3, -0.25) is 4.90 Å². The minimum Gasteiger partial charge on any atom is -0.371 e. The topological polar surface area (TPSA) is 34.3 Å². The first-order chi connectivity index (χ1) is 18.1. The van der Waals surface area contributed by atoms with E-state index in [4.69, 9.17) is 0 Å². The number of nitrogens with one attached hydrogen (secondary N) is 2. The summed E-state index contributed by atoms with van der Waals surface area (Å²) < 4.78 is 40.4. The average Bonchev–Trinajstić information content (AvgIpc) is 3.21. The van der Waals surface area contributed by atoms with Gasteiger partial charge >= 0.3 is 0 Å². The SMILES string of the molecule is CC1Cc2c([nH]c3ccccc23)CN1CC(C)(C)F.Fc1cc(F)cc(N2CCC3(CCNCC3)CC2)c1. The van der Waals surface area contributed by atoms with Gasteiger partial charge in [0.1, 0.15) is 17.3 Å². The number of hydrogen-bond acceptors (Lipinski definition) is 3. The van der Waals surface area contributed by atoms with Crippen LogP contribution in [0.1, 0.15) is 57.7 Å². The number of rotatable bonds is 3. The summed E-state index contributed by atoms with van der Waals surface area (Å²) in [4.78, 5) is 7.83. The van der Waals surface area contributed by atoms with Crippen LogP contribution < -0.4 is 10.2 Å². The van der Waals surface area contributed by atoms with Gasteiger partial charge in [0.2, 0.25) is 0 Å². The molecule has 0 radical (unpaired) electrons. The lowest BCUT2D eigenvalue weighted by Crippen LogP contribution is -2.45. The van der Waals surface area contributed by atoms with Crippen LogP contribution in [-0.2, 0) is 13.0 Å². The number of alkyl halides is 1. The Morgan fingerprint density at radius 3 is 2.29 bits per heavy atom. The molecule has 4 nitrogen and oxygen atoms in total. The Labute approximate surface area is 224 Å². The van der Waals surface area contributed by atoms with Gasteiger partial charge in [-0.15, -0.1) is 0 Å². The highest BCUT2D eigenvalue weighted by molar-refractivity contribution is 5.84. The van der Waals surface area contributed by atoms with Gasteiger partial charge in [0.15, 0.2) is 0 Å². The number of fused-ring (bicyclic) bond motifs is 3. The Kier molecular flexibility index (Phi) is 7.79. The second-order valence-corrected chi connectivity index (χ2v) is 12.2. The van der Waals surface area contributed by atoms with E-state index in [-0.39, 0.29) is 0 Å². The van der Waals surface area contributed by atoms with E-state index in [1.165, 1.54) is 47.1 Å². The molecule has 1 aromatic heterocycles. The molecule has 0 saturated carbocycles. The minimum atomic E-state index is -1.14. The lowest BCUT2D eigenvalue weighted by atomic mass is 9.71. The molecule has 3 aliphatic heterocycles. The molecule has 6 rings (SSSR count). The molecule has 1 spiro atoms. The van der Waals surface area contributed by atoms with Gasteiger partial charge in [-0.2, -0.15) is 0 Å². The molecule has 2 N–H and O–H groups in total. The highest BCUT2D eigenvalue weighted by atomic mass is 19.1. The van der Waals surface area contributed by atoms with Crippen molar-refractivity contribution in [3.05, 3.63) is 65.4 Å². The first kappa shape index (κ1) is 27.1. The normalized spacial score (nSPS) is 21.7. The van der Waals surface area contributed by atoms with Crippen molar-refractivity contribution in [2.24, 2.45) is 5.41 Å². The third-order valence-corrected chi connectivity index (χ3v) is 8.67. The monoisotopic (exact) mass is 526 g/mol. The molecule has 2 saturated heterocycles. The Bertz CT molecular complexity index is 1210. The van der Waals surface area contributed by atoms with Crippen LogP contribution in [0.15, 0.2) is 42.5 Å². The summed E-state index contributed by atoms with van der Waals surface area (Å²) in [5.41, 5.74) is 3.87. The molecule has 0 aliphatic carbocycles. The summed E-state index contributed by atoms with van der Waals surface area (Å²) >= 11 is 0. The van der Waals surface area contributed by atoms with Crippen LogP contribution in [0, 0.1) is 17.0 Å². The standard InChI is InChI=1S/C16H21FN2.C15H20F2N2/c1-11-8-13-12-6-4-5-7-14(12)18-15(13)9-19(11)10-16(2,3)17;16-12-9-13(17)11-14(10-12)19-7-3-15(4-8-19)1-5-18-6-2-15/h4-7,11,18H,8-10H2,1-3H3;9-11,18H,1-8H2. The summed E-state index contributed by atoms with van der Waals surface area (Å²) in [5, 5.41) is 4.72. The third kappa shape index (κ3) is 6.20. The molecule has 38 heavy (non-hydrogen) atoms. The van der Waals surface area contributed by atoms with E-state index in [1.807, 2.05) is 0 Å². The molecule has 3 aliphatic rings. The first-order valence-corrected chi connectivity index (χ1v) is 14.0. The van der Waals surface area contributed by atoms with Crippen LogP contribution in [0.5, 0.6) is 0 Å². The van der Waals surface area contributed by atoms with Crippen LogP contribution in [0.25, 0.3) is 10.9 Å². The second kappa shape index (κ2) is 10.9. The maximum Gasteiger partial charge on any atom is 0.128 e. The Morgan fingerprint density at radius 1 is 0.974 bits per heavy atom. The molecule has 2 fully saturated rings. The molecular weight excluding hydrogens is 485 g/mol. The van der Waals surface area contributed by atoms with Crippen LogP contribution in [0.4, 0.5) is 18.9 Å². The maximum atomic E-state index is 13.9. The van der Waals surface area contributed by atoms with Gasteiger partial charge in [0, 0.05) is 60.6 Å². The van der Waals surface area contributed by atoms with E-state index >= 15 is 0 Å². The summed E-state index contributed by atoms with van der Waals surface area (Å²) in [6, 6.07) is 12.6.